The number of rotatable bonds is 4. The predicted octanol–water partition coefficient (Wildman–Crippen LogP) is 0.455. The zero-order valence-corrected chi connectivity index (χ0v) is 5.57. The van der Waals surface area contributed by atoms with E-state index in [1.54, 1.807) is 0 Å². The fourth-order valence-electron chi connectivity index (χ4n) is 0.391. The average Bonchev–Trinajstić information content (AvgIpc) is 1.88. The molecule has 0 aliphatic heterocycles. The van der Waals surface area contributed by atoms with Gasteiger partial charge >= 0.3 is 0 Å². The van der Waals surface area contributed by atoms with Crippen LogP contribution in [-0.2, 0) is 9.47 Å². The van der Waals surface area contributed by atoms with Gasteiger partial charge < -0.3 is 14.7 Å². The van der Waals surface area contributed by atoms with Gasteiger partial charge in [-0.1, -0.05) is 5.16 Å². The second kappa shape index (κ2) is 5.53. The van der Waals surface area contributed by atoms with Gasteiger partial charge in [-0.3, -0.25) is 0 Å². The molecule has 54 valence electrons. The molecule has 0 saturated heterocycles. The van der Waals surface area contributed by atoms with Crippen LogP contribution in [0.25, 0.3) is 0 Å². The molecule has 0 aromatic rings. The van der Waals surface area contributed by atoms with Crippen LogP contribution in [-0.4, -0.2) is 31.4 Å². The Balaban J connectivity index is 3.41. The molecule has 0 saturated carbocycles. The van der Waals surface area contributed by atoms with E-state index in [0.29, 0.717) is 6.61 Å². The fraction of sp³-hybridized carbons (Fsp3) is 0.800. The van der Waals surface area contributed by atoms with Gasteiger partial charge in [0, 0.05) is 13.7 Å². The topological polar surface area (TPSA) is 51.0 Å². The molecule has 0 bridgehead atoms. The summed E-state index contributed by atoms with van der Waals surface area (Å²) in [5, 5.41) is 10.8. The Morgan fingerprint density at radius 2 is 2.44 bits per heavy atom. The Bertz CT molecular complexity index is 84.3. The lowest BCUT2D eigenvalue weighted by molar-refractivity contribution is -0.0698. The minimum Gasteiger partial charge on any atom is -0.411 e. The molecule has 4 heteroatoms. The van der Waals surface area contributed by atoms with Crippen LogP contribution >= 0.6 is 0 Å². The summed E-state index contributed by atoms with van der Waals surface area (Å²) in [6, 6.07) is 0. The molecule has 0 fully saturated rings. The molecular formula is C5H11NO3. The molecule has 0 rings (SSSR count). The summed E-state index contributed by atoms with van der Waals surface area (Å²) < 4.78 is 9.60. The van der Waals surface area contributed by atoms with Crippen molar-refractivity contribution in [2.45, 2.75) is 13.2 Å². The zero-order valence-electron chi connectivity index (χ0n) is 5.57. The normalized spacial score (nSPS) is 14.4. The van der Waals surface area contributed by atoms with Gasteiger partial charge in [0.2, 0.25) is 0 Å². The largest absolute Gasteiger partial charge is 0.411 e. The van der Waals surface area contributed by atoms with E-state index >= 15 is 0 Å². The number of methoxy groups -OCH3 is 1. The monoisotopic (exact) mass is 133 g/mol. The highest BCUT2D eigenvalue weighted by Gasteiger charge is 1.99. The van der Waals surface area contributed by atoms with Crippen molar-refractivity contribution in [3.8, 4) is 0 Å². The number of hydrogen-bond acceptors (Lipinski definition) is 4. The van der Waals surface area contributed by atoms with Crippen molar-refractivity contribution in [1.29, 1.82) is 0 Å². The summed E-state index contributed by atoms with van der Waals surface area (Å²) in [5.74, 6) is 0. The highest BCUT2D eigenvalue weighted by atomic mass is 16.7. The van der Waals surface area contributed by atoms with E-state index in [2.05, 4.69) is 5.16 Å². The van der Waals surface area contributed by atoms with Crippen LogP contribution < -0.4 is 0 Å². The second-order valence-electron chi connectivity index (χ2n) is 1.32. The molecule has 0 heterocycles. The standard InChI is InChI=1S/C5H11NO3/c1-3-9-5(8-2)4-6-7/h4-5,7H,3H2,1-2H3. The summed E-state index contributed by atoms with van der Waals surface area (Å²) in [6.07, 6.45) is 0.642. The van der Waals surface area contributed by atoms with Crippen molar-refractivity contribution in [3.05, 3.63) is 0 Å². The van der Waals surface area contributed by atoms with Gasteiger partial charge in [-0.05, 0) is 6.92 Å². The first-order valence-corrected chi connectivity index (χ1v) is 2.67. The van der Waals surface area contributed by atoms with Crippen molar-refractivity contribution in [3.63, 3.8) is 0 Å². The van der Waals surface area contributed by atoms with Gasteiger partial charge in [0.05, 0.1) is 6.21 Å². The van der Waals surface area contributed by atoms with Crippen molar-refractivity contribution in [2.75, 3.05) is 13.7 Å². The first kappa shape index (κ1) is 8.39. The van der Waals surface area contributed by atoms with Crippen LogP contribution in [0.1, 0.15) is 6.92 Å². The third-order valence-electron chi connectivity index (χ3n) is 0.752. The van der Waals surface area contributed by atoms with Crippen LogP contribution in [0.5, 0.6) is 0 Å². The van der Waals surface area contributed by atoms with Gasteiger partial charge in [-0.15, -0.1) is 0 Å². The average molecular weight is 133 g/mol. The zero-order chi connectivity index (χ0) is 7.11. The van der Waals surface area contributed by atoms with E-state index in [4.69, 9.17) is 14.7 Å². The summed E-state index contributed by atoms with van der Waals surface area (Å²) in [4.78, 5) is 0. The molecule has 0 spiro atoms. The summed E-state index contributed by atoms with van der Waals surface area (Å²) in [7, 11) is 1.47. The molecule has 0 aromatic carbocycles. The molecule has 0 amide bonds. The molecule has 0 aliphatic rings. The third kappa shape index (κ3) is 3.93. The van der Waals surface area contributed by atoms with E-state index in [1.807, 2.05) is 6.92 Å². The molecule has 0 radical (unpaired) electrons. The Hall–Kier alpha value is -0.610. The molecule has 1 N–H and O–H groups in total. The Kier molecular flexibility index (Phi) is 5.15. The lowest BCUT2D eigenvalue weighted by Crippen LogP contribution is -2.16. The predicted molar refractivity (Wildman–Crippen MR) is 32.7 cm³/mol. The first-order chi connectivity index (χ1) is 4.35. The maximum Gasteiger partial charge on any atom is 0.197 e. The maximum absolute atomic E-state index is 8.00. The van der Waals surface area contributed by atoms with Crippen molar-refractivity contribution < 1.29 is 14.7 Å². The van der Waals surface area contributed by atoms with Gasteiger partial charge in [-0.25, -0.2) is 0 Å². The molecule has 1 unspecified atom stereocenters. The number of nitrogens with zero attached hydrogens (tertiary/aromatic N) is 1. The SMILES string of the molecule is CCOC(C=NO)OC. The molecular weight excluding hydrogens is 122 g/mol. The number of oxime groups is 1. The lowest BCUT2D eigenvalue weighted by Gasteiger charge is -2.07. The lowest BCUT2D eigenvalue weighted by atomic mass is 10.7. The highest BCUT2D eigenvalue weighted by molar-refractivity contribution is 5.60. The van der Waals surface area contributed by atoms with Gasteiger partial charge in [0.15, 0.2) is 6.29 Å². The first-order valence-electron chi connectivity index (χ1n) is 2.67. The van der Waals surface area contributed by atoms with E-state index < -0.39 is 6.29 Å². The molecule has 4 nitrogen and oxygen atoms in total. The van der Waals surface area contributed by atoms with Crippen molar-refractivity contribution in [2.24, 2.45) is 5.16 Å². The molecule has 9 heavy (non-hydrogen) atoms. The van der Waals surface area contributed by atoms with E-state index in [0.717, 1.165) is 0 Å². The van der Waals surface area contributed by atoms with Crippen LogP contribution in [0, 0.1) is 0 Å². The Morgan fingerprint density at radius 3 is 2.78 bits per heavy atom. The summed E-state index contributed by atoms with van der Waals surface area (Å²) >= 11 is 0. The van der Waals surface area contributed by atoms with Gasteiger partial charge in [-0.2, -0.15) is 0 Å². The summed E-state index contributed by atoms with van der Waals surface area (Å²) in [6.45, 7) is 2.36. The molecule has 1 atom stereocenters. The third-order valence-corrected chi connectivity index (χ3v) is 0.752. The Labute approximate surface area is 54.1 Å². The van der Waals surface area contributed by atoms with Crippen LogP contribution in [0.2, 0.25) is 0 Å². The van der Waals surface area contributed by atoms with Crippen molar-refractivity contribution >= 4 is 6.21 Å². The van der Waals surface area contributed by atoms with Crippen LogP contribution in [0.4, 0.5) is 0 Å². The summed E-state index contributed by atoms with van der Waals surface area (Å²) in [5.41, 5.74) is 0. The number of hydrogen-bond donors (Lipinski definition) is 1. The quantitative estimate of drug-likeness (QED) is 0.262. The molecule has 0 aromatic heterocycles. The maximum atomic E-state index is 8.00. The van der Waals surface area contributed by atoms with Crippen molar-refractivity contribution in [1.82, 2.24) is 0 Å². The fourth-order valence-corrected chi connectivity index (χ4v) is 0.391. The van der Waals surface area contributed by atoms with Crippen LogP contribution in [0.15, 0.2) is 5.16 Å². The number of ether oxygens (including phenoxy) is 2. The van der Waals surface area contributed by atoms with E-state index in [9.17, 15) is 0 Å². The van der Waals surface area contributed by atoms with E-state index in [1.165, 1.54) is 13.3 Å². The molecule has 0 aliphatic carbocycles. The Morgan fingerprint density at radius 1 is 1.78 bits per heavy atom. The highest BCUT2D eigenvalue weighted by Crippen LogP contribution is 1.87. The van der Waals surface area contributed by atoms with Crippen LogP contribution in [0.3, 0.4) is 0 Å². The van der Waals surface area contributed by atoms with Gasteiger partial charge in [0.1, 0.15) is 0 Å². The minimum atomic E-state index is -0.528. The minimum absolute atomic E-state index is 0.528. The van der Waals surface area contributed by atoms with E-state index in [-0.39, 0.29) is 0 Å². The van der Waals surface area contributed by atoms with Gasteiger partial charge in [0.25, 0.3) is 0 Å². The second-order valence-corrected chi connectivity index (χ2v) is 1.32. The smallest absolute Gasteiger partial charge is 0.197 e.